The van der Waals surface area contributed by atoms with Crippen LogP contribution in [-0.4, -0.2) is 73.2 Å². The summed E-state index contributed by atoms with van der Waals surface area (Å²) in [6.07, 6.45) is 5.55. The Morgan fingerprint density at radius 2 is 2.12 bits per heavy atom. The molecule has 4 unspecified atom stereocenters. The van der Waals surface area contributed by atoms with Crippen molar-refractivity contribution in [3.05, 3.63) is 0 Å². The summed E-state index contributed by atoms with van der Waals surface area (Å²) in [5.74, 6) is 0.292. The Morgan fingerprint density at radius 1 is 1.38 bits per heavy atom. The van der Waals surface area contributed by atoms with Gasteiger partial charge in [-0.25, -0.2) is 0 Å². The number of amides is 1. The number of carbonyl (C=O) groups excluding carboxylic acids is 1. The highest BCUT2D eigenvalue weighted by molar-refractivity contribution is 5.79. The van der Waals surface area contributed by atoms with Crippen molar-refractivity contribution in [2.24, 2.45) is 5.92 Å². The molecule has 3 aliphatic rings. The minimum absolute atomic E-state index is 0.0265. The first-order valence-corrected chi connectivity index (χ1v) is 9.17. The molecule has 0 spiro atoms. The molecule has 1 N–H and O–H groups in total. The number of ether oxygens (including phenoxy) is 1. The van der Waals surface area contributed by atoms with Gasteiger partial charge in [-0.3, -0.25) is 9.69 Å². The van der Waals surface area contributed by atoms with Crippen molar-refractivity contribution in [2.45, 2.75) is 62.8 Å². The van der Waals surface area contributed by atoms with Gasteiger partial charge in [0.2, 0.25) is 5.91 Å². The lowest BCUT2D eigenvalue weighted by Crippen LogP contribution is -2.59. The predicted molar refractivity (Wildman–Crippen MR) is 91.3 cm³/mol. The molecule has 0 aromatic heterocycles. The molecule has 2 saturated carbocycles. The van der Waals surface area contributed by atoms with E-state index in [-0.39, 0.29) is 12.0 Å². The molecule has 134 valence electrons. The third-order valence-corrected chi connectivity index (χ3v) is 6.01. The zero-order valence-corrected chi connectivity index (χ0v) is 15.1. The molecule has 0 aromatic rings. The molecule has 1 aliphatic heterocycles. The molecule has 0 bridgehead atoms. The molecule has 24 heavy (non-hydrogen) atoms. The van der Waals surface area contributed by atoms with Crippen LogP contribution in [0.25, 0.3) is 0 Å². The second kappa shape index (κ2) is 6.99. The highest BCUT2D eigenvalue weighted by Gasteiger charge is 2.44. The fourth-order valence-corrected chi connectivity index (χ4v) is 4.24. The first-order chi connectivity index (χ1) is 11.4. The summed E-state index contributed by atoms with van der Waals surface area (Å²) in [6.45, 7) is 3.72. The fraction of sp³-hybridized carbons (Fsp3) is 0.889. The molecule has 3 fully saturated rings. The van der Waals surface area contributed by atoms with E-state index in [1.807, 2.05) is 6.92 Å². The van der Waals surface area contributed by atoms with Crippen LogP contribution < -0.4 is 5.32 Å². The van der Waals surface area contributed by atoms with E-state index in [2.05, 4.69) is 35.3 Å². The second-order valence-corrected chi connectivity index (χ2v) is 8.01. The van der Waals surface area contributed by atoms with Gasteiger partial charge in [0.25, 0.3) is 0 Å². The lowest BCUT2D eigenvalue weighted by atomic mass is 9.86. The standard InChI is InChI=1S/C18H30N4O2/c1-18(12-19,13-4-5-13)20-17(23)11-22-8-9-24-16-10-14(21(2)3)6-7-15(16)22/h13-16H,4-11H2,1-3H3,(H,20,23). The van der Waals surface area contributed by atoms with Crippen molar-refractivity contribution in [3.8, 4) is 6.07 Å². The van der Waals surface area contributed by atoms with Crippen molar-refractivity contribution in [2.75, 3.05) is 33.8 Å². The van der Waals surface area contributed by atoms with Gasteiger partial charge in [0.1, 0.15) is 5.54 Å². The van der Waals surface area contributed by atoms with E-state index in [4.69, 9.17) is 4.74 Å². The van der Waals surface area contributed by atoms with E-state index in [1.54, 1.807) is 0 Å². The summed E-state index contributed by atoms with van der Waals surface area (Å²) in [7, 11) is 4.25. The van der Waals surface area contributed by atoms with Crippen molar-refractivity contribution >= 4 is 5.91 Å². The lowest BCUT2D eigenvalue weighted by molar-refractivity contribution is -0.132. The van der Waals surface area contributed by atoms with Crippen LogP contribution in [0, 0.1) is 17.2 Å². The van der Waals surface area contributed by atoms with E-state index in [0.29, 0.717) is 31.2 Å². The number of fused-ring (bicyclic) bond motifs is 1. The molecule has 4 atom stereocenters. The quantitative estimate of drug-likeness (QED) is 0.812. The van der Waals surface area contributed by atoms with E-state index in [9.17, 15) is 10.1 Å². The number of hydrogen-bond acceptors (Lipinski definition) is 5. The topological polar surface area (TPSA) is 68.6 Å². The van der Waals surface area contributed by atoms with Gasteiger partial charge < -0.3 is 15.0 Å². The van der Waals surface area contributed by atoms with E-state index >= 15 is 0 Å². The Balaban J connectivity index is 1.57. The van der Waals surface area contributed by atoms with Gasteiger partial charge in [-0.2, -0.15) is 5.26 Å². The molecule has 2 aliphatic carbocycles. The third-order valence-electron chi connectivity index (χ3n) is 6.01. The average molecular weight is 334 g/mol. The van der Waals surface area contributed by atoms with Crippen LogP contribution in [-0.2, 0) is 9.53 Å². The van der Waals surface area contributed by atoms with Gasteiger partial charge in [0.15, 0.2) is 0 Å². The van der Waals surface area contributed by atoms with E-state index < -0.39 is 5.54 Å². The maximum Gasteiger partial charge on any atom is 0.235 e. The Labute approximate surface area is 145 Å². The van der Waals surface area contributed by atoms with Crippen LogP contribution in [0.15, 0.2) is 0 Å². The average Bonchev–Trinajstić information content (AvgIpc) is 3.39. The molecule has 6 heteroatoms. The van der Waals surface area contributed by atoms with Crippen LogP contribution in [0.5, 0.6) is 0 Å². The molecule has 3 rings (SSSR count). The van der Waals surface area contributed by atoms with Crippen molar-refractivity contribution in [3.63, 3.8) is 0 Å². The van der Waals surface area contributed by atoms with E-state index in [1.165, 1.54) is 0 Å². The summed E-state index contributed by atoms with van der Waals surface area (Å²) in [4.78, 5) is 17.1. The monoisotopic (exact) mass is 334 g/mol. The highest BCUT2D eigenvalue weighted by Crippen LogP contribution is 2.39. The second-order valence-electron chi connectivity index (χ2n) is 8.01. The third kappa shape index (κ3) is 3.74. The number of morpholine rings is 1. The highest BCUT2D eigenvalue weighted by atomic mass is 16.5. The van der Waals surface area contributed by atoms with E-state index in [0.717, 1.165) is 38.6 Å². The Bertz CT molecular complexity index is 514. The first kappa shape index (κ1) is 17.7. The zero-order valence-electron chi connectivity index (χ0n) is 15.1. The van der Waals surface area contributed by atoms with Crippen molar-refractivity contribution < 1.29 is 9.53 Å². The Morgan fingerprint density at radius 3 is 2.75 bits per heavy atom. The fourth-order valence-electron chi connectivity index (χ4n) is 4.24. The maximum atomic E-state index is 12.5. The number of hydrogen-bond donors (Lipinski definition) is 1. The molecular formula is C18H30N4O2. The largest absolute Gasteiger partial charge is 0.375 e. The molecule has 0 radical (unpaired) electrons. The van der Waals surface area contributed by atoms with Gasteiger partial charge in [-0.1, -0.05) is 0 Å². The minimum Gasteiger partial charge on any atom is -0.375 e. The summed E-state index contributed by atoms with van der Waals surface area (Å²) in [5.41, 5.74) is -0.703. The molecule has 1 heterocycles. The SMILES string of the molecule is CN(C)C1CCC2C(C1)OCCN2CC(=O)NC(C)(C#N)C1CC1. The van der Waals surface area contributed by atoms with Crippen LogP contribution >= 0.6 is 0 Å². The van der Waals surface area contributed by atoms with Crippen LogP contribution in [0.4, 0.5) is 0 Å². The number of nitrogens with one attached hydrogen (secondary N) is 1. The summed E-state index contributed by atoms with van der Waals surface area (Å²) in [5, 5.41) is 12.4. The Kier molecular flexibility index (Phi) is 5.14. The van der Waals surface area contributed by atoms with Crippen LogP contribution in [0.3, 0.4) is 0 Å². The lowest BCUT2D eigenvalue weighted by Gasteiger charge is -2.46. The van der Waals surface area contributed by atoms with Gasteiger partial charge in [-0.05, 0) is 59.0 Å². The summed E-state index contributed by atoms with van der Waals surface area (Å²) >= 11 is 0. The Hall–Kier alpha value is -1.16. The molecule has 1 saturated heterocycles. The van der Waals surface area contributed by atoms with Crippen molar-refractivity contribution in [1.82, 2.24) is 15.1 Å². The minimum atomic E-state index is -0.703. The zero-order chi connectivity index (χ0) is 17.3. The maximum absolute atomic E-state index is 12.5. The number of nitriles is 1. The normalized spacial score (nSPS) is 33.4. The predicted octanol–water partition coefficient (Wildman–Crippen LogP) is 0.978. The number of carbonyl (C=O) groups is 1. The van der Waals surface area contributed by atoms with Crippen molar-refractivity contribution in [1.29, 1.82) is 5.26 Å². The molecule has 0 aromatic carbocycles. The van der Waals surface area contributed by atoms with Crippen LogP contribution in [0.1, 0.15) is 39.0 Å². The van der Waals surface area contributed by atoms with Gasteiger partial charge in [0.05, 0.1) is 25.3 Å². The van der Waals surface area contributed by atoms with Gasteiger partial charge >= 0.3 is 0 Å². The number of rotatable bonds is 5. The summed E-state index contributed by atoms with van der Waals surface area (Å²) in [6, 6.07) is 3.20. The number of nitrogens with zero attached hydrogens (tertiary/aromatic N) is 3. The van der Waals surface area contributed by atoms with Gasteiger partial charge in [0, 0.05) is 18.6 Å². The molecule has 6 nitrogen and oxygen atoms in total. The summed E-state index contributed by atoms with van der Waals surface area (Å²) < 4.78 is 5.99. The first-order valence-electron chi connectivity index (χ1n) is 9.17. The van der Waals surface area contributed by atoms with Gasteiger partial charge in [-0.15, -0.1) is 0 Å². The molecule has 1 amide bonds. The molecular weight excluding hydrogens is 304 g/mol. The smallest absolute Gasteiger partial charge is 0.235 e. The van der Waals surface area contributed by atoms with Crippen LogP contribution in [0.2, 0.25) is 0 Å².